The van der Waals surface area contributed by atoms with Gasteiger partial charge in [-0.25, -0.2) is 4.79 Å². The zero-order valence-electron chi connectivity index (χ0n) is 44.6. The molecule has 0 spiro atoms. The SMILES string of the molecule is C=C1CC(C(=O)c2cc(OC)c(OCc3cc(COc4cc(C)c(C(=O)N5CC(=C)CC5CC)cc4C)cc(OCCOCC(=O)O)c3)cc2CC(=O)Oc2cccc(O[C@@H]3O[C@H](C)C(C)[C@H](C)C3O)c2)[C@H](CC)C1. The van der Waals surface area contributed by atoms with Crippen molar-refractivity contribution in [1.82, 2.24) is 4.90 Å². The minimum atomic E-state index is -1.09. The summed E-state index contributed by atoms with van der Waals surface area (Å²) in [5.41, 5.74) is 6.38. The summed E-state index contributed by atoms with van der Waals surface area (Å²) in [5.74, 6) is 0.131. The van der Waals surface area contributed by atoms with Crippen LogP contribution in [-0.2, 0) is 38.7 Å². The normalized spacial score (nSPS) is 22.4. The van der Waals surface area contributed by atoms with E-state index in [1.54, 1.807) is 42.5 Å². The molecule has 15 heteroatoms. The van der Waals surface area contributed by atoms with E-state index in [4.69, 9.17) is 43.0 Å². The molecule has 0 bridgehead atoms. The number of aryl methyl sites for hydroxylation is 2. The average Bonchev–Trinajstić information content (AvgIpc) is 3.97. The van der Waals surface area contributed by atoms with Gasteiger partial charge in [0.15, 0.2) is 17.3 Å². The number of aliphatic hydroxyl groups is 1. The Morgan fingerprint density at radius 1 is 0.747 bits per heavy atom. The number of ketones is 1. The molecule has 3 aliphatic rings. The Balaban J connectivity index is 1.12. The van der Waals surface area contributed by atoms with Crippen LogP contribution in [0.2, 0.25) is 0 Å². The number of benzene rings is 4. The molecular weight excluding hydrogens is 959 g/mol. The molecule has 2 N–H and O–H groups in total. The summed E-state index contributed by atoms with van der Waals surface area (Å²) in [7, 11) is 1.48. The lowest BCUT2D eigenvalue weighted by molar-refractivity contribution is -0.233. The fourth-order valence-electron chi connectivity index (χ4n) is 10.3. The van der Waals surface area contributed by atoms with Crippen LogP contribution in [0.4, 0.5) is 0 Å². The predicted octanol–water partition coefficient (Wildman–Crippen LogP) is 10.2. The Hall–Kier alpha value is -6.68. The van der Waals surface area contributed by atoms with Crippen molar-refractivity contribution >= 4 is 23.6 Å². The van der Waals surface area contributed by atoms with Crippen LogP contribution in [0.3, 0.4) is 0 Å². The van der Waals surface area contributed by atoms with Crippen molar-refractivity contribution in [1.29, 1.82) is 0 Å². The Kier molecular flexibility index (Phi) is 18.9. The van der Waals surface area contributed by atoms with Crippen LogP contribution < -0.4 is 28.4 Å². The molecule has 75 heavy (non-hydrogen) atoms. The van der Waals surface area contributed by atoms with Crippen LogP contribution in [0.25, 0.3) is 0 Å². The summed E-state index contributed by atoms with van der Waals surface area (Å²) in [6.45, 7) is 22.5. The number of carboxylic acids is 1. The first-order valence-electron chi connectivity index (χ1n) is 26.0. The van der Waals surface area contributed by atoms with E-state index < -0.39 is 30.9 Å². The number of aliphatic hydroxyl groups excluding tert-OH is 1. The molecule has 0 aromatic heterocycles. The molecule has 15 nitrogen and oxygen atoms in total. The lowest BCUT2D eigenvalue weighted by Crippen LogP contribution is -2.50. The van der Waals surface area contributed by atoms with Crippen molar-refractivity contribution in [2.24, 2.45) is 23.7 Å². The van der Waals surface area contributed by atoms with E-state index >= 15 is 0 Å². The van der Waals surface area contributed by atoms with Crippen LogP contribution >= 0.6 is 0 Å². The molecule has 2 saturated heterocycles. The number of carboxylic acid groups (broad SMARTS) is 1. The van der Waals surface area contributed by atoms with Gasteiger partial charge in [0.1, 0.15) is 55.5 Å². The molecule has 3 fully saturated rings. The molecule has 4 aromatic carbocycles. The molecular formula is C60H73NO14. The van der Waals surface area contributed by atoms with Gasteiger partial charge in [-0.15, -0.1) is 0 Å². The number of hydrogen-bond acceptors (Lipinski definition) is 13. The third-order valence-corrected chi connectivity index (χ3v) is 14.9. The summed E-state index contributed by atoms with van der Waals surface area (Å²) in [6, 6.07) is 19.2. The molecule has 4 aromatic rings. The maximum absolute atomic E-state index is 14.6. The van der Waals surface area contributed by atoms with Gasteiger partial charge in [0, 0.05) is 35.7 Å². The lowest BCUT2D eigenvalue weighted by Gasteiger charge is -2.40. The van der Waals surface area contributed by atoms with Gasteiger partial charge in [0.05, 0.1) is 26.2 Å². The molecule has 1 saturated carbocycles. The third-order valence-electron chi connectivity index (χ3n) is 14.9. The van der Waals surface area contributed by atoms with Gasteiger partial charge < -0.3 is 53.0 Å². The molecule has 2 aliphatic heterocycles. The molecule has 1 amide bonds. The number of carbonyl (C=O) groups is 4. The molecule has 402 valence electrons. The number of allylic oxidation sites excluding steroid dienone is 1. The van der Waals surface area contributed by atoms with Gasteiger partial charge >= 0.3 is 11.9 Å². The summed E-state index contributed by atoms with van der Waals surface area (Å²) in [4.78, 5) is 55.2. The second-order valence-electron chi connectivity index (χ2n) is 20.4. The van der Waals surface area contributed by atoms with Crippen molar-refractivity contribution in [2.45, 2.75) is 125 Å². The number of Topliss-reactive ketones (excluding diaryl/α,β-unsaturated/α-hetero) is 1. The minimum Gasteiger partial charge on any atom is -0.493 e. The monoisotopic (exact) mass is 1030 g/mol. The van der Waals surface area contributed by atoms with Crippen LogP contribution in [0.5, 0.6) is 34.5 Å². The molecule has 2 heterocycles. The van der Waals surface area contributed by atoms with Gasteiger partial charge in [-0.3, -0.25) is 14.4 Å². The topological polar surface area (TPSA) is 186 Å². The number of rotatable bonds is 23. The van der Waals surface area contributed by atoms with Crippen LogP contribution in [0.15, 0.2) is 91.0 Å². The largest absolute Gasteiger partial charge is 0.493 e. The number of methoxy groups -OCH3 is 1. The van der Waals surface area contributed by atoms with Gasteiger partial charge in [-0.05, 0) is 147 Å². The van der Waals surface area contributed by atoms with E-state index in [0.717, 1.165) is 53.5 Å². The van der Waals surface area contributed by atoms with Gasteiger partial charge in [-0.2, -0.15) is 0 Å². The van der Waals surface area contributed by atoms with Crippen LogP contribution in [0, 0.1) is 37.5 Å². The van der Waals surface area contributed by atoms with Crippen LogP contribution in [0.1, 0.15) is 115 Å². The number of ether oxygens (including phenoxy) is 8. The smallest absolute Gasteiger partial charge is 0.329 e. The Morgan fingerprint density at radius 2 is 1.47 bits per heavy atom. The number of hydrogen-bond donors (Lipinski definition) is 2. The van der Waals surface area contributed by atoms with Crippen LogP contribution in [-0.4, -0.2) is 96.8 Å². The van der Waals surface area contributed by atoms with E-state index in [2.05, 4.69) is 27.0 Å². The van der Waals surface area contributed by atoms with E-state index in [1.807, 2.05) is 63.8 Å². The van der Waals surface area contributed by atoms with E-state index in [-0.39, 0.29) is 97.6 Å². The fourth-order valence-corrected chi connectivity index (χ4v) is 10.3. The second kappa shape index (κ2) is 25.2. The Labute approximate surface area is 440 Å². The average molecular weight is 1030 g/mol. The first kappa shape index (κ1) is 56.1. The highest BCUT2D eigenvalue weighted by atomic mass is 16.7. The lowest BCUT2D eigenvalue weighted by atomic mass is 9.84. The third kappa shape index (κ3) is 14.0. The maximum atomic E-state index is 14.6. The first-order chi connectivity index (χ1) is 35.8. The van der Waals surface area contributed by atoms with Gasteiger partial charge in [-0.1, -0.05) is 64.5 Å². The number of esters is 1. The number of likely N-dealkylation sites (tertiary alicyclic amines) is 1. The number of aliphatic carboxylic acids is 1. The fraction of sp³-hybridized carbons (Fsp3) is 0.467. The van der Waals surface area contributed by atoms with Crippen molar-refractivity contribution in [3.8, 4) is 34.5 Å². The highest BCUT2D eigenvalue weighted by molar-refractivity contribution is 6.01. The second-order valence-corrected chi connectivity index (χ2v) is 20.4. The Bertz CT molecular complexity index is 2750. The van der Waals surface area contributed by atoms with E-state index in [1.165, 1.54) is 7.11 Å². The van der Waals surface area contributed by atoms with Crippen molar-refractivity contribution in [2.75, 3.05) is 33.5 Å². The molecule has 7 rings (SSSR count). The highest BCUT2D eigenvalue weighted by Gasteiger charge is 2.40. The quantitative estimate of drug-likeness (QED) is 0.0235. The Morgan fingerprint density at radius 3 is 2.16 bits per heavy atom. The summed E-state index contributed by atoms with van der Waals surface area (Å²) in [5, 5.41) is 20.0. The van der Waals surface area contributed by atoms with Crippen molar-refractivity contribution in [3.05, 3.63) is 130 Å². The van der Waals surface area contributed by atoms with Crippen molar-refractivity contribution in [3.63, 3.8) is 0 Å². The minimum absolute atomic E-state index is 0.00704. The van der Waals surface area contributed by atoms with Crippen molar-refractivity contribution < 1.29 is 67.3 Å². The maximum Gasteiger partial charge on any atom is 0.329 e. The van der Waals surface area contributed by atoms with Gasteiger partial charge in [0.25, 0.3) is 5.91 Å². The molecule has 1 aliphatic carbocycles. The molecule has 4 unspecified atom stereocenters. The standard InChI is InChI=1S/C60H73NO14/c1-11-43-18-34(3)20-50(43)58(66)51-29-53(68-10)54(26-44(51)27-56(64)74-46-14-13-15-47(28-46)75-60-57(65)39(8)38(7)40(9)73-60)72-32-42-23-41(24-48(25-42)70-17-16-69-33-55(62)63)31-71-52-22-36(5)49(21-37(52)6)59(67)61-30-35(4)19-45(61)12-2/h13-15,21-26,28-29,38-40,43,45,50,57,60,65H,3-4,11-12,16-20,27,30-33H2,1-2,5-10H3,(H,62,63)/t38?,39-,40+,43+,45?,50?,57?,60-/m0/s1. The first-order valence-corrected chi connectivity index (χ1v) is 26.0. The number of carbonyl (C=O) groups excluding carboxylic acids is 3. The van der Waals surface area contributed by atoms with Gasteiger partial charge in [0.2, 0.25) is 6.29 Å². The van der Waals surface area contributed by atoms with E-state index in [0.29, 0.717) is 52.5 Å². The molecule has 8 atom stereocenters. The zero-order chi connectivity index (χ0) is 54.1. The summed E-state index contributed by atoms with van der Waals surface area (Å²) >= 11 is 0. The molecule has 0 radical (unpaired) electrons. The highest BCUT2D eigenvalue weighted by Crippen LogP contribution is 2.42. The van der Waals surface area contributed by atoms with E-state index in [9.17, 15) is 24.3 Å². The summed E-state index contributed by atoms with van der Waals surface area (Å²) in [6.07, 6.45) is 1.53. The summed E-state index contributed by atoms with van der Waals surface area (Å²) < 4.78 is 47.9. The zero-order valence-corrected chi connectivity index (χ0v) is 44.6. The number of amides is 1. The number of nitrogens with zero attached hydrogens (tertiary/aromatic N) is 1. The predicted molar refractivity (Wildman–Crippen MR) is 282 cm³/mol.